The molecule has 0 N–H and O–H groups in total. The first-order chi connectivity index (χ1) is 14.2. The fraction of sp³-hybridized carbons (Fsp3) is 0. The van der Waals surface area contributed by atoms with Gasteiger partial charge in [-0.05, 0) is 64.7 Å². The zero-order valence-corrected chi connectivity index (χ0v) is 18.6. The molecule has 0 radical (unpaired) electrons. The number of furan rings is 1. The molecule has 0 saturated heterocycles. The van der Waals surface area contributed by atoms with Crippen LogP contribution in [-0.4, -0.2) is 0 Å². The van der Waals surface area contributed by atoms with Crippen LogP contribution in [-0.2, 0) is 0 Å². The summed E-state index contributed by atoms with van der Waals surface area (Å²) in [5, 5.41) is 2.28. The molecule has 0 aliphatic rings. The lowest BCUT2D eigenvalue weighted by Gasteiger charge is -2.02. The molecule has 29 heavy (non-hydrogen) atoms. The molecule has 1 nitrogen and oxygen atoms in total. The fourth-order valence-electron chi connectivity index (χ4n) is 3.49. The summed E-state index contributed by atoms with van der Waals surface area (Å²) >= 11 is 6.99. The quantitative estimate of drug-likeness (QED) is 0.224. The van der Waals surface area contributed by atoms with Crippen LogP contribution in [0.25, 0.3) is 45.2 Å². The van der Waals surface area contributed by atoms with Crippen LogP contribution in [0.3, 0.4) is 0 Å². The largest absolute Gasteiger partial charge is 0.456 e. The van der Waals surface area contributed by atoms with Crippen molar-refractivity contribution in [2.45, 2.75) is 0 Å². The van der Waals surface area contributed by atoms with Gasteiger partial charge in [0.2, 0.25) is 0 Å². The zero-order valence-electron chi connectivity index (χ0n) is 15.4. The molecule has 1 aromatic heterocycles. The summed E-state index contributed by atoms with van der Waals surface area (Å²) in [5.74, 6) is 0. The van der Waals surface area contributed by atoms with Crippen LogP contribution in [0.5, 0.6) is 0 Å². The smallest absolute Gasteiger partial charge is 0.136 e. The maximum atomic E-state index is 6.03. The molecule has 1 heterocycles. The number of hydrogen-bond donors (Lipinski definition) is 0. The van der Waals surface area contributed by atoms with Gasteiger partial charge in [-0.25, -0.2) is 0 Å². The standard InChI is InChI=1S/C26H16Br2O/c27-21-10-8-20(9-11-21)19-6-3-17(4-7-19)1-2-18-5-13-23-24-14-12-22(28)16-26(24)29-25(23)15-18/h1-16H. The van der Waals surface area contributed by atoms with Crippen molar-refractivity contribution < 1.29 is 4.42 Å². The van der Waals surface area contributed by atoms with E-state index in [2.05, 4.69) is 117 Å². The molecule has 0 aliphatic heterocycles. The van der Waals surface area contributed by atoms with E-state index in [9.17, 15) is 0 Å². The molecule has 0 unspecified atom stereocenters. The molecule has 3 heteroatoms. The van der Waals surface area contributed by atoms with Gasteiger partial charge in [0.1, 0.15) is 11.2 Å². The van der Waals surface area contributed by atoms with Crippen molar-refractivity contribution in [3.63, 3.8) is 0 Å². The van der Waals surface area contributed by atoms with Crippen LogP contribution in [0.4, 0.5) is 0 Å². The maximum absolute atomic E-state index is 6.03. The molecule has 0 aliphatic carbocycles. The topological polar surface area (TPSA) is 13.1 Å². The predicted octanol–water partition coefficient (Wildman–Crippen LogP) is 8.95. The van der Waals surface area contributed by atoms with E-state index in [1.54, 1.807) is 0 Å². The lowest BCUT2D eigenvalue weighted by molar-refractivity contribution is 0.668. The summed E-state index contributed by atoms with van der Waals surface area (Å²) in [6, 6.07) is 29.5. The van der Waals surface area contributed by atoms with Crippen LogP contribution < -0.4 is 0 Å². The van der Waals surface area contributed by atoms with E-state index in [0.29, 0.717) is 0 Å². The number of benzene rings is 4. The van der Waals surface area contributed by atoms with Crippen LogP contribution >= 0.6 is 31.9 Å². The Kier molecular flexibility index (Phi) is 4.86. The third-order valence-corrected chi connectivity index (χ3v) is 6.04. The van der Waals surface area contributed by atoms with E-state index >= 15 is 0 Å². The van der Waals surface area contributed by atoms with E-state index < -0.39 is 0 Å². The Labute approximate surface area is 185 Å². The highest BCUT2D eigenvalue weighted by atomic mass is 79.9. The highest BCUT2D eigenvalue weighted by molar-refractivity contribution is 9.10. The Morgan fingerprint density at radius 1 is 0.517 bits per heavy atom. The monoisotopic (exact) mass is 502 g/mol. The number of halogens is 2. The van der Waals surface area contributed by atoms with Crippen molar-refractivity contribution in [2.24, 2.45) is 0 Å². The lowest BCUT2D eigenvalue weighted by atomic mass is 10.0. The van der Waals surface area contributed by atoms with E-state index in [0.717, 1.165) is 36.4 Å². The van der Waals surface area contributed by atoms with Crippen molar-refractivity contribution in [3.05, 3.63) is 105 Å². The molecule has 4 aromatic carbocycles. The Hall–Kier alpha value is -2.62. The summed E-state index contributed by atoms with van der Waals surface area (Å²) in [7, 11) is 0. The highest BCUT2D eigenvalue weighted by Crippen LogP contribution is 2.31. The third kappa shape index (κ3) is 3.81. The van der Waals surface area contributed by atoms with Crippen molar-refractivity contribution in [2.75, 3.05) is 0 Å². The molecule has 0 spiro atoms. The average molecular weight is 504 g/mol. The summed E-state index contributed by atoms with van der Waals surface area (Å²) < 4.78 is 8.15. The molecule has 0 atom stereocenters. The molecular formula is C26H16Br2O. The molecular weight excluding hydrogens is 488 g/mol. The zero-order chi connectivity index (χ0) is 19.8. The molecule has 0 amide bonds. The minimum Gasteiger partial charge on any atom is -0.456 e. The van der Waals surface area contributed by atoms with E-state index in [4.69, 9.17) is 4.42 Å². The van der Waals surface area contributed by atoms with Gasteiger partial charge in [-0.15, -0.1) is 0 Å². The van der Waals surface area contributed by atoms with Crippen LogP contribution in [0.2, 0.25) is 0 Å². The Morgan fingerprint density at radius 2 is 1.03 bits per heavy atom. The molecule has 0 saturated carbocycles. The van der Waals surface area contributed by atoms with Gasteiger partial charge < -0.3 is 4.42 Å². The van der Waals surface area contributed by atoms with Gasteiger partial charge in [0.15, 0.2) is 0 Å². The number of rotatable bonds is 3. The van der Waals surface area contributed by atoms with Crippen molar-refractivity contribution in [1.82, 2.24) is 0 Å². The van der Waals surface area contributed by atoms with Crippen LogP contribution in [0.15, 0.2) is 98.3 Å². The second kappa shape index (κ2) is 7.66. The minimum atomic E-state index is 0.902. The van der Waals surface area contributed by atoms with Crippen LogP contribution in [0, 0.1) is 0 Å². The van der Waals surface area contributed by atoms with Gasteiger partial charge in [-0.1, -0.05) is 86.5 Å². The van der Waals surface area contributed by atoms with Gasteiger partial charge in [0.25, 0.3) is 0 Å². The average Bonchev–Trinajstić information content (AvgIpc) is 3.10. The Balaban J connectivity index is 1.41. The Bertz CT molecular complexity index is 1340. The number of fused-ring (bicyclic) bond motifs is 3. The van der Waals surface area contributed by atoms with Gasteiger partial charge in [-0.2, -0.15) is 0 Å². The SMILES string of the molecule is Brc1ccc(-c2ccc(C=Cc3ccc4c(c3)oc3cc(Br)ccc34)cc2)cc1. The molecule has 5 rings (SSSR count). The Morgan fingerprint density at radius 3 is 1.76 bits per heavy atom. The van der Waals surface area contributed by atoms with E-state index in [1.807, 2.05) is 12.1 Å². The summed E-state index contributed by atoms with van der Waals surface area (Å²) in [5.41, 5.74) is 6.52. The first-order valence-corrected chi connectivity index (χ1v) is 10.9. The molecule has 140 valence electrons. The van der Waals surface area contributed by atoms with Gasteiger partial charge >= 0.3 is 0 Å². The first-order valence-electron chi connectivity index (χ1n) is 9.32. The van der Waals surface area contributed by atoms with Crippen molar-refractivity contribution in [1.29, 1.82) is 0 Å². The van der Waals surface area contributed by atoms with Crippen molar-refractivity contribution >= 4 is 66.0 Å². The highest BCUT2D eigenvalue weighted by Gasteiger charge is 2.07. The predicted molar refractivity (Wildman–Crippen MR) is 130 cm³/mol. The van der Waals surface area contributed by atoms with Crippen LogP contribution in [0.1, 0.15) is 11.1 Å². The van der Waals surface area contributed by atoms with Gasteiger partial charge in [0, 0.05) is 19.7 Å². The second-order valence-electron chi connectivity index (χ2n) is 6.96. The molecule has 0 bridgehead atoms. The van der Waals surface area contributed by atoms with E-state index in [1.165, 1.54) is 16.7 Å². The summed E-state index contributed by atoms with van der Waals surface area (Å²) in [6.45, 7) is 0. The van der Waals surface area contributed by atoms with Gasteiger partial charge in [0.05, 0.1) is 0 Å². The van der Waals surface area contributed by atoms with Gasteiger partial charge in [-0.3, -0.25) is 0 Å². The first kappa shape index (κ1) is 18.4. The van der Waals surface area contributed by atoms with Crippen molar-refractivity contribution in [3.8, 4) is 11.1 Å². The fourth-order valence-corrected chi connectivity index (χ4v) is 4.10. The maximum Gasteiger partial charge on any atom is 0.136 e. The molecule has 0 fully saturated rings. The third-order valence-electron chi connectivity index (χ3n) is 5.02. The summed E-state index contributed by atoms with van der Waals surface area (Å²) in [6.07, 6.45) is 4.25. The number of hydrogen-bond acceptors (Lipinski definition) is 1. The second-order valence-corrected chi connectivity index (χ2v) is 8.79. The molecule has 5 aromatic rings. The minimum absolute atomic E-state index is 0.902. The summed E-state index contributed by atoms with van der Waals surface area (Å²) in [4.78, 5) is 0. The normalized spacial score (nSPS) is 11.7. The van der Waals surface area contributed by atoms with E-state index in [-0.39, 0.29) is 0 Å². The lowest BCUT2D eigenvalue weighted by Crippen LogP contribution is -1.78.